The van der Waals surface area contributed by atoms with Crippen LogP contribution in [0, 0.1) is 0 Å². The summed E-state index contributed by atoms with van der Waals surface area (Å²) in [5.74, 6) is 0.737. The van der Waals surface area contributed by atoms with Crippen LogP contribution >= 0.6 is 12.2 Å². The maximum Gasteiger partial charge on any atom is 0.266 e. The van der Waals surface area contributed by atoms with E-state index >= 15 is 0 Å². The molecule has 5 nitrogen and oxygen atoms in total. The molecule has 1 rings (SSSR count). The number of anilines is 1. The van der Waals surface area contributed by atoms with E-state index in [1.165, 1.54) is 0 Å². The largest absolute Gasteiger partial charge is 0.471 e. The summed E-state index contributed by atoms with van der Waals surface area (Å²) in [6, 6.07) is 1.78. The lowest BCUT2D eigenvalue weighted by molar-refractivity contribution is 0.327. The Bertz CT molecular complexity index is 261. The van der Waals surface area contributed by atoms with Crippen LogP contribution in [0.4, 0.5) is 5.82 Å². The van der Waals surface area contributed by atoms with Crippen molar-refractivity contribution in [2.75, 3.05) is 18.2 Å². The minimum atomic E-state index is 0.265. The van der Waals surface area contributed by atoms with E-state index in [1.54, 1.807) is 17.2 Å². The minimum absolute atomic E-state index is 0.265. The molecule has 0 spiro atoms. The average Bonchev–Trinajstić information content (AvgIpc) is 2.59. The van der Waals surface area contributed by atoms with Crippen LogP contribution in [0.5, 0.6) is 0 Å². The summed E-state index contributed by atoms with van der Waals surface area (Å²) in [5.41, 5.74) is 5.51. The molecule has 1 heterocycles. The first-order valence-electron chi connectivity index (χ1n) is 3.93. The second-order valence-corrected chi connectivity index (χ2v) is 2.60. The van der Waals surface area contributed by atoms with Gasteiger partial charge in [-0.15, -0.1) is 0 Å². The van der Waals surface area contributed by atoms with Crippen molar-refractivity contribution in [3.8, 4) is 0 Å². The van der Waals surface area contributed by atoms with Gasteiger partial charge in [0.2, 0.25) is 0 Å². The Morgan fingerprint density at radius 3 is 3.08 bits per heavy atom. The third-order valence-corrected chi connectivity index (χ3v) is 1.79. The summed E-state index contributed by atoms with van der Waals surface area (Å²) in [7, 11) is 0. The van der Waals surface area contributed by atoms with Crippen molar-refractivity contribution in [1.29, 1.82) is 0 Å². The van der Waals surface area contributed by atoms with E-state index in [-0.39, 0.29) is 6.67 Å². The highest BCUT2D eigenvalue weighted by molar-refractivity contribution is 7.80. The van der Waals surface area contributed by atoms with E-state index in [1.807, 2.05) is 6.92 Å². The molecule has 0 unspecified atom stereocenters. The van der Waals surface area contributed by atoms with Gasteiger partial charge >= 0.3 is 0 Å². The first-order chi connectivity index (χ1) is 6.29. The molecule has 0 aromatic carbocycles. The number of rotatable bonds is 3. The molecule has 0 bridgehead atoms. The Hall–Kier alpha value is -1.14. The fourth-order valence-electron chi connectivity index (χ4n) is 0.871. The van der Waals surface area contributed by atoms with Gasteiger partial charge in [-0.1, -0.05) is 0 Å². The van der Waals surface area contributed by atoms with Gasteiger partial charge in [-0.3, -0.25) is 10.00 Å². The first kappa shape index (κ1) is 9.94. The quantitative estimate of drug-likeness (QED) is 0.548. The topological polar surface area (TPSA) is 67.2 Å². The molecule has 0 aliphatic carbocycles. The van der Waals surface area contributed by atoms with E-state index in [0.29, 0.717) is 11.8 Å². The van der Waals surface area contributed by atoms with Crippen LogP contribution in [-0.2, 0) is 4.74 Å². The molecule has 0 fully saturated rings. The van der Waals surface area contributed by atoms with Crippen LogP contribution in [-0.4, -0.2) is 28.6 Å². The van der Waals surface area contributed by atoms with Crippen LogP contribution < -0.4 is 10.6 Å². The number of thiocarbonyl (C=S) groups is 1. The summed E-state index contributed by atoms with van der Waals surface area (Å²) in [5, 5.41) is 6.91. The SMILES string of the molecule is CCOC(=S)N(CN)c1ccn[nH]1. The van der Waals surface area contributed by atoms with Crippen LogP contribution in [0.1, 0.15) is 6.92 Å². The Kier molecular flexibility index (Phi) is 3.66. The van der Waals surface area contributed by atoms with Gasteiger partial charge in [0.05, 0.1) is 19.5 Å². The van der Waals surface area contributed by atoms with Gasteiger partial charge in [-0.05, 0) is 19.1 Å². The van der Waals surface area contributed by atoms with Gasteiger partial charge in [0, 0.05) is 6.07 Å². The molecule has 6 heteroatoms. The number of nitrogens with one attached hydrogen (secondary N) is 1. The molecule has 72 valence electrons. The zero-order valence-corrected chi connectivity index (χ0v) is 8.17. The second-order valence-electron chi connectivity index (χ2n) is 2.25. The molecule has 3 N–H and O–H groups in total. The third kappa shape index (κ3) is 2.40. The van der Waals surface area contributed by atoms with E-state index in [0.717, 1.165) is 5.82 Å². The maximum atomic E-state index is 5.51. The van der Waals surface area contributed by atoms with Crippen molar-refractivity contribution in [2.24, 2.45) is 5.73 Å². The van der Waals surface area contributed by atoms with E-state index in [9.17, 15) is 0 Å². The smallest absolute Gasteiger partial charge is 0.266 e. The van der Waals surface area contributed by atoms with Gasteiger partial charge in [0.1, 0.15) is 5.82 Å². The molecule has 0 aliphatic rings. The number of H-pyrrole nitrogens is 1. The molecule has 1 aromatic heterocycles. The molecular formula is C7H12N4OS. The fraction of sp³-hybridized carbons (Fsp3) is 0.429. The van der Waals surface area contributed by atoms with Crippen molar-refractivity contribution in [3.05, 3.63) is 12.3 Å². The minimum Gasteiger partial charge on any atom is -0.471 e. The van der Waals surface area contributed by atoms with Crippen LogP contribution in [0.15, 0.2) is 12.3 Å². The predicted molar refractivity (Wildman–Crippen MR) is 54.3 cm³/mol. The number of hydrogen-bond donors (Lipinski definition) is 2. The normalized spacial score (nSPS) is 9.69. The van der Waals surface area contributed by atoms with Crippen molar-refractivity contribution < 1.29 is 4.74 Å². The second kappa shape index (κ2) is 4.78. The van der Waals surface area contributed by atoms with Gasteiger partial charge in [-0.25, -0.2) is 0 Å². The van der Waals surface area contributed by atoms with Gasteiger partial charge in [0.15, 0.2) is 0 Å². The average molecular weight is 200 g/mol. The van der Waals surface area contributed by atoms with Crippen molar-refractivity contribution in [1.82, 2.24) is 10.2 Å². The van der Waals surface area contributed by atoms with Gasteiger partial charge in [-0.2, -0.15) is 5.10 Å². The molecule has 0 saturated carbocycles. The molecule has 0 radical (unpaired) electrons. The number of nitrogens with zero attached hydrogens (tertiary/aromatic N) is 2. The summed E-state index contributed by atoms with van der Waals surface area (Å²) in [4.78, 5) is 1.63. The molecule has 1 aromatic rings. The zero-order chi connectivity index (χ0) is 9.68. The Morgan fingerprint density at radius 2 is 2.62 bits per heavy atom. The summed E-state index contributed by atoms with van der Waals surface area (Å²) >= 11 is 5.00. The van der Waals surface area contributed by atoms with Gasteiger partial charge < -0.3 is 10.5 Å². The van der Waals surface area contributed by atoms with E-state index < -0.39 is 0 Å². The molecular weight excluding hydrogens is 188 g/mol. The summed E-state index contributed by atoms with van der Waals surface area (Å²) < 4.78 is 5.15. The monoisotopic (exact) mass is 200 g/mol. The lowest BCUT2D eigenvalue weighted by Crippen LogP contribution is -2.36. The molecule has 0 amide bonds. The Morgan fingerprint density at radius 1 is 1.85 bits per heavy atom. The highest BCUT2D eigenvalue weighted by Gasteiger charge is 2.11. The molecule has 0 aliphatic heterocycles. The van der Waals surface area contributed by atoms with E-state index in [4.69, 9.17) is 22.7 Å². The lowest BCUT2D eigenvalue weighted by Gasteiger charge is -2.20. The Balaban J connectivity index is 2.68. The number of hydrogen-bond acceptors (Lipinski definition) is 4. The summed E-state index contributed by atoms with van der Waals surface area (Å²) in [6.07, 6.45) is 1.63. The van der Waals surface area contributed by atoms with Crippen molar-refractivity contribution in [2.45, 2.75) is 6.92 Å². The summed E-state index contributed by atoms with van der Waals surface area (Å²) in [6.45, 7) is 2.67. The number of ether oxygens (including phenoxy) is 1. The van der Waals surface area contributed by atoms with E-state index in [2.05, 4.69) is 10.2 Å². The predicted octanol–water partition coefficient (Wildman–Crippen LogP) is 0.454. The maximum absolute atomic E-state index is 5.51. The number of aromatic nitrogens is 2. The highest BCUT2D eigenvalue weighted by atomic mass is 32.1. The first-order valence-corrected chi connectivity index (χ1v) is 4.34. The number of aromatic amines is 1. The standard InChI is InChI=1S/C7H12N4OS/c1-2-12-7(13)11(5-8)6-3-4-9-10-6/h3-4H,2,5,8H2,1H3,(H,9,10). The van der Waals surface area contributed by atoms with Crippen molar-refractivity contribution >= 4 is 23.2 Å². The zero-order valence-electron chi connectivity index (χ0n) is 7.36. The fourth-order valence-corrected chi connectivity index (χ4v) is 1.16. The van der Waals surface area contributed by atoms with Crippen LogP contribution in [0.3, 0.4) is 0 Å². The number of nitrogens with two attached hydrogens (primary N) is 1. The Labute approximate surface area is 81.9 Å². The molecule has 0 atom stereocenters. The third-order valence-electron chi connectivity index (χ3n) is 1.45. The highest BCUT2D eigenvalue weighted by Crippen LogP contribution is 2.08. The molecule has 0 saturated heterocycles. The van der Waals surface area contributed by atoms with Crippen LogP contribution in [0.25, 0.3) is 0 Å². The van der Waals surface area contributed by atoms with Gasteiger partial charge in [0.25, 0.3) is 5.17 Å². The molecule has 13 heavy (non-hydrogen) atoms. The van der Waals surface area contributed by atoms with Crippen molar-refractivity contribution in [3.63, 3.8) is 0 Å². The lowest BCUT2D eigenvalue weighted by atomic mass is 10.6. The van der Waals surface area contributed by atoms with Crippen LogP contribution in [0.2, 0.25) is 0 Å².